The summed E-state index contributed by atoms with van der Waals surface area (Å²) in [5, 5.41) is 3.22. The Bertz CT molecular complexity index is 546. The fourth-order valence-electron chi connectivity index (χ4n) is 1.97. The molecule has 0 aliphatic rings. The van der Waals surface area contributed by atoms with E-state index in [1.807, 2.05) is 31.3 Å². The van der Waals surface area contributed by atoms with Gasteiger partial charge in [0.15, 0.2) is 0 Å². The highest BCUT2D eigenvalue weighted by molar-refractivity contribution is 5.37. The molecule has 19 heavy (non-hydrogen) atoms. The van der Waals surface area contributed by atoms with Crippen molar-refractivity contribution in [2.45, 2.75) is 6.04 Å². The van der Waals surface area contributed by atoms with E-state index in [9.17, 15) is 0 Å². The van der Waals surface area contributed by atoms with Gasteiger partial charge < -0.3 is 14.8 Å². The molecule has 0 bridgehead atoms. The van der Waals surface area contributed by atoms with Crippen LogP contribution < -0.4 is 14.8 Å². The summed E-state index contributed by atoms with van der Waals surface area (Å²) in [5.74, 6) is 1.32. The van der Waals surface area contributed by atoms with Crippen molar-refractivity contribution >= 4 is 0 Å². The van der Waals surface area contributed by atoms with E-state index in [4.69, 9.17) is 9.47 Å². The second kappa shape index (κ2) is 6.15. The smallest absolute Gasteiger partial charge is 0.237 e. The lowest BCUT2D eigenvalue weighted by molar-refractivity contribution is 0.383. The van der Waals surface area contributed by atoms with E-state index in [1.165, 1.54) is 0 Å². The van der Waals surface area contributed by atoms with Crippen LogP contribution in [0.3, 0.4) is 0 Å². The summed E-state index contributed by atoms with van der Waals surface area (Å²) in [7, 11) is 5.11. The van der Waals surface area contributed by atoms with Gasteiger partial charge >= 0.3 is 0 Å². The zero-order valence-corrected chi connectivity index (χ0v) is 11.3. The zero-order valence-electron chi connectivity index (χ0n) is 11.3. The van der Waals surface area contributed by atoms with Crippen molar-refractivity contribution in [3.63, 3.8) is 0 Å². The molecule has 1 N–H and O–H groups in total. The first kappa shape index (κ1) is 13.3. The number of nitrogens with one attached hydrogen (secondary N) is 1. The first-order valence-corrected chi connectivity index (χ1v) is 5.96. The standard InChI is InChI=1S/C14H17N3O2/c1-15-12(10-5-4-6-11(9-10)18-2)13-14(19-3)17-8-7-16-13/h4-9,12,15H,1-3H3. The molecule has 0 aliphatic heterocycles. The van der Waals surface area contributed by atoms with Crippen LogP contribution in [0.2, 0.25) is 0 Å². The van der Waals surface area contributed by atoms with Crippen LogP contribution >= 0.6 is 0 Å². The summed E-state index contributed by atoms with van der Waals surface area (Å²) in [6.07, 6.45) is 3.27. The third-order valence-electron chi connectivity index (χ3n) is 2.87. The summed E-state index contributed by atoms with van der Waals surface area (Å²) in [4.78, 5) is 8.54. The summed E-state index contributed by atoms with van der Waals surface area (Å²) < 4.78 is 10.5. The van der Waals surface area contributed by atoms with Gasteiger partial charge in [0.2, 0.25) is 5.88 Å². The lowest BCUT2D eigenvalue weighted by Gasteiger charge is -2.18. The fourth-order valence-corrected chi connectivity index (χ4v) is 1.97. The van der Waals surface area contributed by atoms with Crippen molar-refractivity contribution in [3.8, 4) is 11.6 Å². The van der Waals surface area contributed by atoms with Crippen molar-refractivity contribution in [1.82, 2.24) is 15.3 Å². The molecule has 0 saturated heterocycles. The van der Waals surface area contributed by atoms with Crippen LogP contribution in [0.4, 0.5) is 0 Å². The van der Waals surface area contributed by atoms with Crippen LogP contribution in [-0.2, 0) is 0 Å². The van der Waals surface area contributed by atoms with E-state index < -0.39 is 0 Å². The topological polar surface area (TPSA) is 56.3 Å². The second-order valence-electron chi connectivity index (χ2n) is 3.95. The Labute approximate surface area is 112 Å². The molecule has 1 unspecified atom stereocenters. The molecule has 5 nitrogen and oxygen atoms in total. The van der Waals surface area contributed by atoms with Crippen LogP contribution in [0.1, 0.15) is 17.3 Å². The van der Waals surface area contributed by atoms with Crippen LogP contribution in [0.25, 0.3) is 0 Å². The Morgan fingerprint density at radius 3 is 2.58 bits per heavy atom. The van der Waals surface area contributed by atoms with Gasteiger partial charge in [-0.25, -0.2) is 4.98 Å². The SMILES string of the molecule is CNC(c1cccc(OC)c1)c1nccnc1OC. The largest absolute Gasteiger partial charge is 0.497 e. The van der Waals surface area contributed by atoms with Crippen molar-refractivity contribution in [1.29, 1.82) is 0 Å². The molecule has 0 aliphatic carbocycles. The van der Waals surface area contributed by atoms with E-state index in [0.29, 0.717) is 5.88 Å². The first-order valence-electron chi connectivity index (χ1n) is 5.96. The molecule has 0 spiro atoms. The highest BCUT2D eigenvalue weighted by Crippen LogP contribution is 2.27. The number of methoxy groups -OCH3 is 2. The third-order valence-corrected chi connectivity index (χ3v) is 2.87. The molecule has 0 fully saturated rings. The van der Waals surface area contributed by atoms with Gasteiger partial charge in [-0.2, -0.15) is 0 Å². The van der Waals surface area contributed by atoms with Gasteiger partial charge in [-0.1, -0.05) is 12.1 Å². The molecule has 0 radical (unpaired) electrons. The van der Waals surface area contributed by atoms with Crippen LogP contribution in [0, 0.1) is 0 Å². The maximum atomic E-state index is 5.26. The molecule has 5 heteroatoms. The molecule has 1 aromatic carbocycles. The van der Waals surface area contributed by atoms with E-state index in [2.05, 4.69) is 15.3 Å². The van der Waals surface area contributed by atoms with Gasteiger partial charge in [-0.05, 0) is 24.7 Å². The Kier molecular flexibility index (Phi) is 4.30. The molecular weight excluding hydrogens is 242 g/mol. The van der Waals surface area contributed by atoms with Gasteiger partial charge in [0.05, 0.1) is 20.3 Å². The Hall–Kier alpha value is -2.14. The van der Waals surface area contributed by atoms with Crippen molar-refractivity contribution < 1.29 is 9.47 Å². The Morgan fingerprint density at radius 1 is 1.11 bits per heavy atom. The maximum absolute atomic E-state index is 5.26. The van der Waals surface area contributed by atoms with Gasteiger partial charge in [0.25, 0.3) is 0 Å². The molecular formula is C14H17N3O2. The third kappa shape index (κ3) is 2.82. The molecule has 100 valence electrons. The predicted molar refractivity (Wildman–Crippen MR) is 72.5 cm³/mol. The van der Waals surface area contributed by atoms with Crippen molar-refractivity contribution in [2.24, 2.45) is 0 Å². The number of aromatic nitrogens is 2. The van der Waals surface area contributed by atoms with Gasteiger partial charge in [0.1, 0.15) is 11.4 Å². The quantitative estimate of drug-likeness (QED) is 0.887. The van der Waals surface area contributed by atoms with Gasteiger partial charge in [-0.3, -0.25) is 4.98 Å². The number of nitrogens with zero attached hydrogens (tertiary/aromatic N) is 2. The average molecular weight is 259 g/mol. The van der Waals surface area contributed by atoms with E-state index in [0.717, 1.165) is 17.0 Å². The Morgan fingerprint density at radius 2 is 1.89 bits per heavy atom. The number of benzene rings is 1. The molecule has 1 heterocycles. The average Bonchev–Trinajstić information content (AvgIpc) is 2.49. The number of ether oxygens (including phenoxy) is 2. The van der Waals surface area contributed by atoms with Crippen molar-refractivity contribution in [3.05, 3.63) is 47.9 Å². The lowest BCUT2D eigenvalue weighted by atomic mass is 10.0. The summed E-state index contributed by atoms with van der Waals surface area (Å²) in [6.45, 7) is 0. The highest BCUT2D eigenvalue weighted by atomic mass is 16.5. The minimum atomic E-state index is -0.0984. The van der Waals surface area contributed by atoms with Gasteiger partial charge in [0, 0.05) is 12.4 Å². The van der Waals surface area contributed by atoms with Crippen molar-refractivity contribution in [2.75, 3.05) is 21.3 Å². The lowest BCUT2D eigenvalue weighted by Crippen LogP contribution is -2.20. The van der Waals surface area contributed by atoms with E-state index in [1.54, 1.807) is 26.6 Å². The predicted octanol–water partition coefficient (Wildman–Crippen LogP) is 1.80. The van der Waals surface area contributed by atoms with E-state index >= 15 is 0 Å². The zero-order chi connectivity index (χ0) is 13.7. The molecule has 0 amide bonds. The number of hydrogen-bond acceptors (Lipinski definition) is 5. The Balaban J connectivity index is 2.43. The van der Waals surface area contributed by atoms with Crippen LogP contribution in [0.5, 0.6) is 11.6 Å². The summed E-state index contributed by atoms with van der Waals surface area (Å²) in [5.41, 5.74) is 1.79. The molecule has 1 aromatic heterocycles. The van der Waals surface area contributed by atoms with Crippen LogP contribution in [0.15, 0.2) is 36.7 Å². The minimum Gasteiger partial charge on any atom is -0.497 e. The minimum absolute atomic E-state index is 0.0984. The first-order chi connectivity index (χ1) is 9.30. The summed E-state index contributed by atoms with van der Waals surface area (Å²) >= 11 is 0. The normalized spacial score (nSPS) is 11.9. The summed E-state index contributed by atoms with van der Waals surface area (Å²) in [6, 6.07) is 7.73. The van der Waals surface area contributed by atoms with E-state index in [-0.39, 0.29) is 6.04 Å². The molecule has 0 saturated carbocycles. The second-order valence-corrected chi connectivity index (χ2v) is 3.95. The molecule has 2 rings (SSSR count). The van der Waals surface area contributed by atoms with Gasteiger partial charge in [-0.15, -0.1) is 0 Å². The fraction of sp³-hybridized carbons (Fsp3) is 0.286. The molecule has 2 aromatic rings. The molecule has 1 atom stereocenters. The number of hydrogen-bond donors (Lipinski definition) is 1. The highest BCUT2D eigenvalue weighted by Gasteiger charge is 2.19. The monoisotopic (exact) mass is 259 g/mol. The van der Waals surface area contributed by atoms with Crippen LogP contribution in [-0.4, -0.2) is 31.2 Å². The number of rotatable bonds is 5. The maximum Gasteiger partial charge on any atom is 0.237 e.